The van der Waals surface area contributed by atoms with E-state index >= 15 is 0 Å². The van der Waals surface area contributed by atoms with E-state index in [1.165, 1.54) is 23.9 Å². The molecule has 1 fully saturated rings. The largest absolute Gasteiger partial charge is 0.349 e. The second kappa shape index (κ2) is 7.88. The molecule has 3 aromatic carbocycles. The van der Waals surface area contributed by atoms with Crippen molar-refractivity contribution in [1.82, 2.24) is 15.1 Å². The van der Waals surface area contributed by atoms with Crippen LogP contribution in [0.5, 0.6) is 0 Å². The summed E-state index contributed by atoms with van der Waals surface area (Å²) < 4.78 is 42.3. The summed E-state index contributed by atoms with van der Waals surface area (Å²) in [6.45, 7) is 0.954. The minimum Gasteiger partial charge on any atom is -0.349 e. The number of halogens is 1. The molecule has 0 saturated carbocycles. The molecule has 0 radical (unpaired) electrons. The van der Waals surface area contributed by atoms with Gasteiger partial charge in [0.2, 0.25) is 0 Å². The highest BCUT2D eigenvalue weighted by atomic mass is 32.2. The lowest BCUT2D eigenvalue weighted by Gasteiger charge is -2.32. The second-order valence-electron chi connectivity index (χ2n) is 8.50. The molecule has 34 heavy (non-hydrogen) atoms. The van der Waals surface area contributed by atoms with E-state index in [9.17, 15) is 12.8 Å². The summed E-state index contributed by atoms with van der Waals surface area (Å²) in [5.74, 6) is -0.786. The fraction of sp³-hybridized carbons (Fsp3) is 0.160. The van der Waals surface area contributed by atoms with Crippen molar-refractivity contribution in [2.45, 2.75) is 23.9 Å². The van der Waals surface area contributed by atoms with Crippen molar-refractivity contribution in [1.29, 1.82) is 0 Å². The summed E-state index contributed by atoms with van der Waals surface area (Å²) in [6.07, 6.45) is 6.01. The van der Waals surface area contributed by atoms with Crippen LogP contribution < -0.4 is 9.62 Å². The fourth-order valence-corrected chi connectivity index (χ4v) is 5.93. The van der Waals surface area contributed by atoms with Crippen LogP contribution in [0.4, 0.5) is 15.8 Å². The summed E-state index contributed by atoms with van der Waals surface area (Å²) in [6, 6.07) is 18.8. The lowest BCUT2D eigenvalue weighted by atomic mass is 10.1. The number of benzene rings is 3. The lowest BCUT2D eigenvalue weighted by Crippen LogP contribution is -2.30. The van der Waals surface area contributed by atoms with Gasteiger partial charge in [-0.3, -0.25) is 9.82 Å². The third-order valence-corrected chi connectivity index (χ3v) is 7.75. The van der Waals surface area contributed by atoms with Crippen molar-refractivity contribution in [3.8, 4) is 0 Å². The zero-order valence-electron chi connectivity index (χ0n) is 18.1. The van der Waals surface area contributed by atoms with Crippen LogP contribution >= 0.6 is 0 Å². The number of aromatic nitrogens is 2. The Balaban J connectivity index is 1.36. The molecule has 4 aromatic rings. The SMILES string of the molecule is O=S(=O)(Nc1cccc(N2C=C3CCCN3C2c2ccc3[nH]ncc3c2)c1)c1ccccc1F. The Morgan fingerprint density at radius 3 is 2.82 bits per heavy atom. The first-order valence-electron chi connectivity index (χ1n) is 11.1. The highest BCUT2D eigenvalue weighted by Crippen LogP contribution is 2.43. The van der Waals surface area contributed by atoms with Crippen molar-refractivity contribution >= 4 is 32.3 Å². The van der Waals surface area contributed by atoms with Gasteiger partial charge in [0.1, 0.15) is 16.9 Å². The smallest absolute Gasteiger partial charge is 0.264 e. The first kappa shape index (κ1) is 20.7. The molecule has 172 valence electrons. The maximum Gasteiger partial charge on any atom is 0.264 e. The van der Waals surface area contributed by atoms with Gasteiger partial charge in [-0.05, 0) is 60.9 Å². The van der Waals surface area contributed by atoms with Crippen LogP contribution in [0.2, 0.25) is 0 Å². The predicted molar refractivity (Wildman–Crippen MR) is 129 cm³/mol. The highest BCUT2D eigenvalue weighted by molar-refractivity contribution is 7.92. The average molecular weight is 476 g/mol. The van der Waals surface area contributed by atoms with Crippen molar-refractivity contribution in [2.24, 2.45) is 0 Å². The first-order chi connectivity index (χ1) is 16.5. The Labute approximate surface area is 196 Å². The minimum absolute atomic E-state index is 0.0461. The molecule has 0 bridgehead atoms. The molecule has 3 heterocycles. The summed E-state index contributed by atoms with van der Waals surface area (Å²) in [7, 11) is -4.06. The van der Waals surface area contributed by atoms with Crippen LogP contribution in [0.15, 0.2) is 89.7 Å². The zero-order valence-corrected chi connectivity index (χ0v) is 19.0. The highest BCUT2D eigenvalue weighted by Gasteiger charge is 2.36. The summed E-state index contributed by atoms with van der Waals surface area (Å²) in [5.41, 5.74) is 4.57. The molecular formula is C25H22FN5O2S. The molecule has 1 atom stereocenters. The predicted octanol–water partition coefficient (Wildman–Crippen LogP) is 4.96. The van der Waals surface area contributed by atoms with Gasteiger partial charge in [-0.15, -0.1) is 0 Å². The minimum atomic E-state index is -4.06. The van der Waals surface area contributed by atoms with Gasteiger partial charge in [0, 0.05) is 29.5 Å². The molecule has 0 aliphatic carbocycles. The van der Waals surface area contributed by atoms with Crippen LogP contribution in [0, 0.1) is 5.82 Å². The van der Waals surface area contributed by atoms with E-state index in [0.717, 1.165) is 47.6 Å². The third-order valence-electron chi connectivity index (χ3n) is 6.33. The maximum absolute atomic E-state index is 14.1. The van der Waals surface area contributed by atoms with Gasteiger partial charge in [-0.1, -0.05) is 24.3 Å². The van der Waals surface area contributed by atoms with Gasteiger partial charge in [0.15, 0.2) is 0 Å². The molecular weight excluding hydrogens is 453 g/mol. The van der Waals surface area contributed by atoms with E-state index in [0.29, 0.717) is 5.69 Å². The Kier molecular flexibility index (Phi) is 4.80. The quantitative estimate of drug-likeness (QED) is 0.427. The third kappa shape index (κ3) is 3.49. The van der Waals surface area contributed by atoms with Crippen molar-refractivity contribution in [3.63, 3.8) is 0 Å². The number of H-pyrrole nitrogens is 1. The number of nitrogens with one attached hydrogen (secondary N) is 2. The Hall–Kier alpha value is -3.85. The fourth-order valence-electron chi connectivity index (χ4n) is 4.80. The lowest BCUT2D eigenvalue weighted by molar-refractivity contribution is 0.319. The summed E-state index contributed by atoms with van der Waals surface area (Å²) in [4.78, 5) is 4.17. The van der Waals surface area contributed by atoms with Crippen molar-refractivity contribution < 1.29 is 12.8 Å². The second-order valence-corrected chi connectivity index (χ2v) is 10.2. The Morgan fingerprint density at radius 2 is 1.94 bits per heavy atom. The van der Waals surface area contributed by atoms with Crippen LogP contribution in [-0.4, -0.2) is 30.1 Å². The van der Waals surface area contributed by atoms with Gasteiger partial charge in [-0.25, -0.2) is 12.8 Å². The van der Waals surface area contributed by atoms with E-state index in [2.05, 4.69) is 43.1 Å². The number of allylic oxidation sites excluding steroid dienone is 1. The van der Waals surface area contributed by atoms with Crippen LogP contribution in [-0.2, 0) is 10.0 Å². The van der Waals surface area contributed by atoms with E-state index in [1.807, 2.05) is 18.3 Å². The summed E-state index contributed by atoms with van der Waals surface area (Å²) in [5, 5.41) is 8.16. The van der Waals surface area contributed by atoms with E-state index in [4.69, 9.17) is 0 Å². The molecule has 1 aromatic heterocycles. The van der Waals surface area contributed by atoms with Crippen LogP contribution in [0.1, 0.15) is 24.6 Å². The number of rotatable bonds is 5. The molecule has 9 heteroatoms. The van der Waals surface area contributed by atoms with Gasteiger partial charge >= 0.3 is 0 Å². The molecule has 2 aliphatic rings. The molecule has 2 N–H and O–H groups in total. The molecule has 0 amide bonds. The number of aromatic amines is 1. The van der Waals surface area contributed by atoms with Gasteiger partial charge < -0.3 is 9.80 Å². The van der Waals surface area contributed by atoms with Gasteiger partial charge in [0.25, 0.3) is 10.0 Å². The molecule has 1 saturated heterocycles. The number of fused-ring (bicyclic) bond motifs is 2. The molecule has 1 unspecified atom stereocenters. The standard InChI is InChI=1S/C25H22FN5O2S/c26-22-8-1-2-9-24(22)34(32,33)29-19-5-3-6-20(14-19)31-16-21-7-4-12-30(21)25(31)17-10-11-23-18(13-17)15-27-28-23/h1-3,5-6,8-11,13-16,25,29H,4,7,12H2,(H,27,28). The molecule has 2 aliphatic heterocycles. The first-order valence-corrected chi connectivity index (χ1v) is 12.5. The summed E-state index contributed by atoms with van der Waals surface area (Å²) >= 11 is 0. The van der Waals surface area contributed by atoms with Crippen molar-refractivity contribution in [2.75, 3.05) is 16.2 Å². The molecule has 7 nitrogen and oxygen atoms in total. The van der Waals surface area contributed by atoms with E-state index in [1.54, 1.807) is 18.2 Å². The normalized spacial score (nSPS) is 17.8. The number of sulfonamides is 1. The molecule has 0 spiro atoms. The zero-order chi connectivity index (χ0) is 23.3. The number of anilines is 2. The van der Waals surface area contributed by atoms with Crippen molar-refractivity contribution in [3.05, 3.63) is 96.2 Å². The van der Waals surface area contributed by atoms with E-state index < -0.39 is 15.8 Å². The Morgan fingerprint density at radius 1 is 1.06 bits per heavy atom. The average Bonchev–Trinajstić information content (AvgIpc) is 3.54. The number of nitrogens with zero attached hydrogens (tertiary/aromatic N) is 3. The van der Waals surface area contributed by atoms with Crippen LogP contribution in [0.25, 0.3) is 10.9 Å². The van der Waals surface area contributed by atoms with Gasteiger partial charge in [-0.2, -0.15) is 5.10 Å². The Bertz CT molecular complexity index is 1530. The van der Waals surface area contributed by atoms with Gasteiger partial charge in [0.05, 0.1) is 17.4 Å². The monoisotopic (exact) mass is 475 g/mol. The number of hydrogen-bond acceptors (Lipinski definition) is 5. The topological polar surface area (TPSA) is 81.3 Å². The van der Waals surface area contributed by atoms with E-state index in [-0.39, 0.29) is 11.1 Å². The number of hydrogen-bond donors (Lipinski definition) is 2. The maximum atomic E-state index is 14.1. The molecule has 6 rings (SSSR count). The van der Waals surface area contributed by atoms with Crippen LogP contribution in [0.3, 0.4) is 0 Å².